The summed E-state index contributed by atoms with van der Waals surface area (Å²) in [5.74, 6) is 0.0988. The van der Waals surface area contributed by atoms with Crippen LogP contribution in [-0.4, -0.2) is 44.5 Å². The highest BCUT2D eigenvalue weighted by atomic mass is 16.2. The molecule has 0 aliphatic carbocycles. The van der Waals surface area contributed by atoms with E-state index in [0.29, 0.717) is 6.54 Å². The number of anilines is 2. The number of nitrogens with one attached hydrogen (secondary N) is 1. The lowest BCUT2D eigenvalue weighted by atomic mass is 10.2. The average Bonchev–Trinajstić information content (AvgIpc) is 2.35. The highest BCUT2D eigenvalue weighted by Gasteiger charge is 2.10. The maximum absolute atomic E-state index is 11.8. The Bertz CT molecular complexity index is 385. The molecule has 0 atom stereocenters. The van der Waals surface area contributed by atoms with Gasteiger partial charge in [-0.1, -0.05) is 0 Å². The standard InChI is InChI=1S/C14H23N3O/c1-11(2)17(5)14(18)10-15-12-6-8-13(9-7-12)16(3)4/h6-9,11,15H,10H2,1-5H3. The van der Waals surface area contributed by atoms with E-state index in [1.54, 1.807) is 4.90 Å². The van der Waals surface area contributed by atoms with Crippen molar-refractivity contribution in [3.8, 4) is 0 Å². The molecule has 18 heavy (non-hydrogen) atoms. The first-order valence-corrected chi connectivity index (χ1v) is 6.18. The van der Waals surface area contributed by atoms with Crippen molar-refractivity contribution < 1.29 is 4.79 Å². The Morgan fingerprint density at radius 3 is 2.17 bits per heavy atom. The maximum Gasteiger partial charge on any atom is 0.241 e. The molecule has 4 heteroatoms. The van der Waals surface area contributed by atoms with Crippen LogP contribution in [0.3, 0.4) is 0 Å². The molecule has 4 nitrogen and oxygen atoms in total. The minimum atomic E-state index is 0.0988. The first kappa shape index (κ1) is 14.4. The van der Waals surface area contributed by atoms with Gasteiger partial charge in [0, 0.05) is 38.6 Å². The topological polar surface area (TPSA) is 35.6 Å². The van der Waals surface area contributed by atoms with Crippen molar-refractivity contribution in [2.75, 3.05) is 37.9 Å². The van der Waals surface area contributed by atoms with Gasteiger partial charge in [0.1, 0.15) is 0 Å². The SMILES string of the molecule is CC(C)N(C)C(=O)CNc1ccc(N(C)C)cc1. The van der Waals surface area contributed by atoms with E-state index in [1.807, 2.05) is 64.2 Å². The van der Waals surface area contributed by atoms with Crippen LogP contribution in [0.25, 0.3) is 0 Å². The average molecular weight is 249 g/mol. The van der Waals surface area contributed by atoms with Gasteiger partial charge in [-0.05, 0) is 38.1 Å². The third-order valence-corrected chi connectivity index (χ3v) is 3.00. The Balaban J connectivity index is 2.51. The summed E-state index contributed by atoms with van der Waals surface area (Å²) in [4.78, 5) is 15.6. The van der Waals surface area contributed by atoms with Crippen molar-refractivity contribution in [3.63, 3.8) is 0 Å². The molecule has 0 fully saturated rings. The van der Waals surface area contributed by atoms with E-state index in [2.05, 4.69) is 5.32 Å². The van der Waals surface area contributed by atoms with Crippen molar-refractivity contribution in [2.24, 2.45) is 0 Å². The molecule has 1 aromatic carbocycles. The monoisotopic (exact) mass is 249 g/mol. The molecular weight excluding hydrogens is 226 g/mol. The van der Waals surface area contributed by atoms with Crippen LogP contribution >= 0.6 is 0 Å². The molecule has 1 N–H and O–H groups in total. The molecule has 0 spiro atoms. The zero-order valence-electron chi connectivity index (χ0n) is 11.9. The predicted octanol–water partition coefficient (Wildman–Crippen LogP) is 2.03. The molecule has 1 amide bonds. The molecule has 0 saturated carbocycles. The Morgan fingerprint density at radius 2 is 1.72 bits per heavy atom. The van der Waals surface area contributed by atoms with Gasteiger partial charge in [0.25, 0.3) is 0 Å². The van der Waals surface area contributed by atoms with E-state index < -0.39 is 0 Å². The second-order valence-corrected chi connectivity index (χ2v) is 4.89. The van der Waals surface area contributed by atoms with Crippen molar-refractivity contribution in [1.82, 2.24) is 4.90 Å². The van der Waals surface area contributed by atoms with Gasteiger partial charge in [0.05, 0.1) is 6.54 Å². The van der Waals surface area contributed by atoms with Crippen molar-refractivity contribution in [1.29, 1.82) is 0 Å². The van der Waals surface area contributed by atoms with E-state index in [0.717, 1.165) is 11.4 Å². The van der Waals surface area contributed by atoms with Gasteiger partial charge in [0.15, 0.2) is 0 Å². The number of hydrogen-bond acceptors (Lipinski definition) is 3. The van der Waals surface area contributed by atoms with Crippen LogP contribution in [0.15, 0.2) is 24.3 Å². The van der Waals surface area contributed by atoms with Gasteiger partial charge in [-0.15, -0.1) is 0 Å². The summed E-state index contributed by atoms with van der Waals surface area (Å²) in [5.41, 5.74) is 2.11. The summed E-state index contributed by atoms with van der Waals surface area (Å²) in [7, 11) is 5.83. The molecule has 0 radical (unpaired) electrons. The lowest BCUT2D eigenvalue weighted by Gasteiger charge is -2.22. The van der Waals surface area contributed by atoms with E-state index in [-0.39, 0.29) is 11.9 Å². The molecule has 0 aromatic heterocycles. The minimum Gasteiger partial charge on any atom is -0.378 e. The fourth-order valence-electron chi connectivity index (χ4n) is 1.47. The third-order valence-electron chi connectivity index (χ3n) is 3.00. The second-order valence-electron chi connectivity index (χ2n) is 4.89. The summed E-state index contributed by atoms with van der Waals surface area (Å²) in [6.45, 7) is 4.34. The Labute approximate surface area is 110 Å². The Morgan fingerprint density at radius 1 is 1.17 bits per heavy atom. The minimum absolute atomic E-state index is 0.0988. The molecule has 0 aliphatic rings. The summed E-state index contributed by atoms with van der Waals surface area (Å²) in [5, 5.41) is 3.14. The quantitative estimate of drug-likeness (QED) is 0.867. The van der Waals surface area contributed by atoms with Crippen LogP contribution in [0.5, 0.6) is 0 Å². The maximum atomic E-state index is 11.8. The smallest absolute Gasteiger partial charge is 0.241 e. The van der Waals surface area contributed by atoms with Crippen LogP contribution < -0.4 is 10.2 Å². The molecule has 0 bridgehead atoms. The number of rotatable bonds is 5. The van der Waals surface area contributed by atoms with Gasteiger partial charge in [-0.2, -0.15) is 0 Å². The number of benzene rings is 1. The molecule has 100 valence electrons. The number of likely N-dealkylation sites (N-methyl/N-ethyl adjacent to an activating group) is 1. The van der Waals surface area contributed by atoms with Crippen LogP contribution in [0, 0.1) is 0 Å². The summed E-state index contributed by atoms with van der Waals surface area (Å²) in [6, 6.07) is 8.25. The first-order chi connectivity index (χ1) is 8.41. The van der Waals surface area contributed by atoms with Crippen LogP contribution in [0.2, 0.25) is 0 Å². The van der Waals surface area contributed by atoms with Gasteiger partial charge in [-0.25, -0.2) is 0 Å². The lowest BCUT2D eigenvalue weighted by molar-refractivity contribution is -0.129. The fraction of sp³-hybridized carbons (Fsp3) is 0.500. The van der Waals surface area contributed by atoms with E-state index in [4.69, 9.17) is 0 Å². The highest BCUT2D eigenvalue weighted by molar-refractivity contribution is 5.80. The van der Waals surface area contributed by atoms with Crippen molar-refractivity contribution in [2.45, 2.75) is 19.9 Å². The number of nitrogens with zero attached hydrogens (tertiary/aromatic N) is 2. The summed E-state index contributed by atoms with van der Waals surface area (Å²) in [6.07, 6.45) is 0. The molecule has 0 aliphatic heterocycles. The van der Waals surface area contributed by atoms with Crippen LogP contribution in [0.4, 0.5) is 11.4 Å². The largest absolute Gasteiger partial charge is 0.378 e. The van der Waals surface area contributed by atoms with Gasteiger partial charge in [0.2, 0.25) is 5.91 Å². The molecule has 0 unspecified atom stereocenters. The molecular formula is C14H23N3O. The zero-order valence-corrected chi connectivity index (χ0v) is 11.9. The molecule has 1 rings (SSSR count). The summed E-state index contributed by atoms with van der Waals surface area (Å²) < 4.78 is 0. The van der Waals surface area contributed by atoms with E-state index in [1.165, 1.54) is 0 Å². The lowest BCUT2D eigenvalue weighted by Crippen LogP contribution is -2.37. The molecule has 0 heterocycles. The van der Waals surface area contributed by atoms with Crippen molar-refractivity contribution in [3.05, 3.63) is 24.3 Å². The number of amides is 1. The fourth-order valence-corrected chi connectivity index (χ4v) is 1.47. The van der Waals surface area contributed by atoms with Gasteiger partial charge >= 0.3 is 0 Å². The zero-order chi connectivity index (χ0) is 13.7. The Kier molecular flexibility index (Phi) is 5.01. The summed E-state index contributed by atoms with van der Waals surface area (Å²) >= 11 is 0. The molecule has 1 aromatic rings. The third kappa shape index (κ3) is 3.95. The molecule has 0 saturated heterocycles. The predicted molar refractivity (Wildman–Crippen MR) is 77.2 cm³/mol. The van der Waals surface area contributed by atoms with E-state index in [9.17, 15) is 4.79 Å². The number of carbonyl (C=O) groups excluding carboxylic acids is 1. The highest BCUT2D eigenvalue weighted by Crippen LogP contribution is 2.15. The second kappa shape index (κ2) is 6.28. The van der Waals surface area contributed by atoms with Gasteiger partial charge < -0.3 is 15.1 Å². The Hall–Kier alpha value is -1.71. The van der Waals surface area contributed by atoms with Crippen LogP contribution in [0.1, 0.15) is 13.8 Å². The van der Waals surface area contributed by atoms with Crippen molar-refractivity contribution >= 4 is 17.3 Å². The van der Waals surface area contributed by atoms with Crippen LogP contribution in [-0.2, 0) is 4.79 Å². The number of carbonyl (C=O) groups is 1. The van der Waals surface area contributed by atoms with E-state index >= 15 is 0 Å². The first-order valence-electron chi connectivity index (χ1n) is 6.18. The normalized spacial score (nSPS) is 10.3. The number of hydrogen-bond donors (Lipinski definition) is 1. The van der Waals surface area contributed by atoms with Gasteiger partial charge in [-0.3, -0.25) is 4.79 Å².